The van der Waals surface area contributed by atoms with Crippen molar-refractivity contribution in [2.45, 2.75) is 38.8 Å². The van der Waals surface area contributed by atoms with E-state index in [1.807, 2.05) is 35.0 Å². The van der Waals surface area contributed by atoms with E-state index in [0.717, 1.165) is 24.6 Å². The first-order chi connectivity index (χ1) is 9.34. The van der Waals surface area contributed by atoms with Gasteiger partial charge in [0, 0.05) is 6.04 Å². The number of tetrazole rings is 1. The van der Waals surface area contributed by atoms with Crippen LogP contribution in [-0.4, -0.2) is 37.7 Å². The van der Waals surface area contributed by atoms with E-state index in [2.05, 4.69) is 27.3 Å². The van der Waals surface area contributed by atoms with Crippen LogP contribution in [0.1, 0.15) is 32.0 Å². The standard InChI is InChI=1S/C14H19N5/c1-12-7-5-6-10-18(12)11-14-15-16-17-19(14)13-8-3-2-4-9-13/h2-4,8-9,12H,5-7,10-11H2,1H3. The predicted molar refractivity (Wildman–Crippen MR) is 72.9 cm³/mol. The lowest BCUT2D eigenvalue weighted by Gasteiger charge is -2.32. The number of piperidine rings is 1. The number of benzene rings is 1. The largest absolute Gasteiger partial charge is 0.293 e. The van der Waals surface area contributed by atoms with Crippen molar-refractivity contribution in [3.63, 3.8) is 0 Å². The van der Waals surface area contributed by atoms with Crippen LogP contribution in [0.5, 0.6) is 0 Å². The minimum absolute atomic E-state index is 0.620. The van der Waals surface area contributed by atoms with E-state index in [0.29, 0.717) is 6.04 Å². The second kappa shape index (κ2) is 5.48. The van der Waals surface area contributed by atoms with Crippen LogP contribution in [0.15, 0.2) is 30.3 Å². The first-order valence-electron chi connectivity index (χ1n) is 6.91. The fraction of sp³-hybridized carbons (Fsp3) is 0.500. The molecule has 0 aliphatic carbocycles. The van der Waals surface area contributed by atoms with Gasteiger partial charge in [-0.25, -0.2) is 0 Å². The summed E-state index contributed by atoms with van der Waals surface area (Å²) in [5.74, 6) is 0.917. The predicted octanol–water partition coefficient (Wildman–Crippen LogP) is 2.04. The summed E-state index contributed by atoms with van der Waals surface area (Å²) < 4.78 is 1.83. The van der Waals surface area contributed by atoms with Gasteiger partial charge in [0.05, 0.1) is 12.2 Å². The molecule has 0 amide bonds. The number of likely N-dealkylation sites (tertiary alicyclic amines) is 1. The average Bonchev–Trinajstić information content (AvgIpc) is 2.91. The maximum Gasteiger partial charge on any atom is 0.170 e. The van der Waals surface area contributed by atoms with E-state index >= 15 is 0 Å². The summed E-state index contributed by atoms with van der Waals surface area (Å²) in [6.45, 7) is 4.25. The van der Waals surface area contributed by atoms with Crippen molar-refractivity contribution < 1.29 is 0 Å². The zero-order valence-corrected chi connectivity index (χ0v) is 11.2. The summed E-state index contributed by atoms with van der Waals surface area (Å²) in [4.78, 5) is 2.47. The molecule has 1 fully saturated rings. The Labute approximate surface area is 113 Å². The molecule has 0 N–H and O–H groups in total. The monoisotopic (exact) mass is 257 g/mol. The molecule has 2 aromatic rings. The molecule has 0 radical (unpaired) electrons. The Morgan fingerprint density at radius 3 is 2.84 bits per heavy atom. The van der Waals surface area contributed by atoms with E-state index in [1.54, 1.807) is 0 Å². The van der Waals surface area contributed by atoms with Crippen molar-refractivity contribution in [3.8, 4) is 5.69 Å². The van der Waals surface area contributed by atoms with Crippen LogP contribution in [0.3, 0.4) is 0 Å². The molecule has 0 saturated carbocycles. The van der Waals surface area contributed by atoms with Crippen molar-refractivity contribution in [2.24, 2.45) is 0 Å². The molecule has 1 atom stereocenters. The van der Waals surface area contributed by atoms with Crippen LogP contribution < -0.4 is 0 Å². The normalized spacial score (nSPS) is 20.6. The maximum atomic E-state index is 4.18. The first kappa shape index (κ1) is 12.3. The summed E-state index contributed by atoms with van der Waals surface area (Å²) in [6.07, 6.45) is 3.88. The molecule has 1 unspecified atom stereocenters. The average molecular weight is 257 g/mol. The molecular formula is C14H19N5. The molecule has 1 saturated heterocycles. The second-order valence-corrected chi connectivity index (χ2v) is 5.16. The van der Waals surface area contributed by atoms with Gasteiger partial charge in [-0.1, -0.05) is 24.6 Å². The van der Waals surface area contributed by atoms with E-state index in [1.165, 1.54) is 19.3 Å². The molecular weight excluding hydrogens is 238 g/mol. The first-order valence-corrected chi connectivity index (χ1v) is 6.91. The van der Waals surface area contributed by atoms with Gasteiger partial charge in [0.1, 0.15) is 0 Å². The van der Waals surface area contributed by atoms with Crippen molar-refractivity contribution in [2.75, 3.05) is 6.54 Å². The molecule has 0 bridgehead atoms. The van der Waals surface area contributed by atoms with Gasteiger partial charge in [-0.2, -0.15) is 4.68 Å². The van der Waals surface area contributed by atoms with Crippen molar-refractivity contribution in [1.82, 2.24) is 25.1 Å². The number of aromatic nitrogens is 4. The van der Waals surface area contributed by atoms with Gasteiger partial charge < -0.3 is 0 Å². The molecule has 3 rings (SSSR count). The number of para-hydroxylation sites is 1. The van der Waals surface area contributed by atoms with Crippen LogP contribution in [0.25, 0.3) is 5.69 Å². The highest BCUT2D eigenvalue weighted by Gasteiger charge is 2.21. The summed E-state index contributed by atoms with van der Waals surface area (Å²) in [7, 11) is 0. The molecule has 19 heavy (non-hydrogen) atoms. The SMILES string of the molecule is CC1CCCCN1Cc1nnnn1-c1ccccc1. The molecule has 5 heteroatoms. The van der Waals surface area contributed by atoms with Crippen LogP contribution in [-0.2, 0) is 6.54 Å². The highest BCUT2D eigenvalue weighted by molar-refractivity contribution is 5.30. The lowest BCUT2D eigenvalue weighted by molar-refractivity contribution is 0.148. The molecule has 1 aromatic carbocycles. The summed E-state index contributed by atoms with van der Waals surface area (Å²) in [6, 6.07) is 10.7. The Bertz CT molecular complexity index is 522. The molecule has 1 aromatic heterocycles. The van der Waals surface area contributed by atoms with E-state index in [4.69, 9.17) is 0 Å². The number of rotatable bonds is 3. The lowest BCUT2D eigenvalue weighted by Crippen LogP contribution is -2.37. The van der Waals surface area contributed by atoms with E-state index in [-0.39, 0.29) is 0 Å². The Kier molecular flexibility index (Phi) is 3.55. The third kappa shape index (κ3) is 2.66. The lowest BCUT2D eigenvalue weighted by atomic mass is 10.0. The van der Waals surface area contributed by atoms with Gasteiger partial charge in [-0.05, 0) is 48.9 Å². The molecule has 1 aliphatic heterocycles. The van der Waals surface area contributed by atoms with Crippen LogP contribution in [0.4, 0.5) is 0 Å². The van der Waals surface area contributed by atoms with Crippen LogP contribution in [0, 0.1) is 0 Å². The molecule has 1 aliphatic rings. The minimum atomic E-state index is 0.620. The van der Waals surface area contributed by atoms with Crippen LogP contribution >= 0.6 is 0 Å². The minimum Gasteiger partial charge on any atom is -0.293 e. The third-order valence-corrected chi connectivity index (χ3v) is 3.82. The van der Waals surface area contributed by atoms with Crippen molar-refractivity contribution in [3.05, 3.63) is 36.2 Å². The van der Waals surface area contributed by atoms with E-state index < -0.39 is 0 Å². The Hall–Kier alpha value is -1.75. The van der Waals surface area contributed by atoms with Crippen LogP contribution in [0.2, 0.25) is 0 Å². The van der Waals surface area contributed by atoms with Crippen molar-refractivity contribution in [1.29, 1.82) is 0 Å². The van der Waals surface area contributed by atoms with E-state index in [9.17, 15) is 0 Å². The van der Waals surface area contributed by atoms with Gasteiger partial charge in [-0.3, -0.25) is 4.90 Å². The van der Waals surface area contributed by atoms with Gasteiger partial charge in [-0.15, -0.1) is 5.10 Å². The van der Waals surface area contributed by atoms with Gasteiger partial charge in [0.25, 0.3) is 0 Å². The second-order valence-electron chi connectivity index (χ2n) is 5.16. The van der Waals surface area contributed by atoms with Gasteiger partial charge >= 0.3 is 0 Å². The highest BCUT2D eigenvalue weighted by Crippen LogP contribution is 2.19. The quantitative estimate of drug-likeness (QED) is 0.844. The molecule has 0 spiro atoms. The fourth-order valence-corrected chi connectivity index (χ4v) is 2.65. The number of hydrogen-bond donors (Lipinski definition) is 0. The van der Waals surface area contributed by atoms with Crippen molar-refractivity contribution >= 4 is 0 Å². The molecule has 5 nitrogen and oxygen atoms in total. The Balaban J connectivity index is 1.81. The smallest absolute Gasteiger partial charge is 0.170 e. The summed E-state index contributed by atoms with van der Waals surface area (Å²) in [5.41, 5.74) is 1.02. The zero-order chi connectivity index (χ0) is 13.1. The highest BCUT2D eigenvalue weighted by atomic mass is 15.5. The fourth-order valence-electron chi connectivity index (χ4n) is 2.65. The zero-order valence-electron chi connectivity index (χ0n) is 11.2. The molecule has 100 valence electrons. The third-order valence-electron chi connectivity index (χ3n) is 3.82. The summed E-state index contributed by atoms with van der Waals surface area (Å²) >= 11 is 0. The maximum absolute atomic E-state index is 4.18. The Morgan fingerprint density at radius 2 is 2.05 bits per heavy atom. The number of nitrogens with zero attached hydrogens (tertiary/aromatic N) is 5. The van der Waals surface area contributed by atoms with Gasteiger partial charge in [0.2, 0.25) is 0 Å². The number of hydrogen-bond acceptors (Lipinski definition) is 4. The molecule has 2 heterocycles. The Morgan fingerprint density at radius 1 is 1.21 bits per heavy atom. The summed E-state index contributed by atoms with van der Waals surface area (Å²) in [5, 5.41) is 12.1. The van der Waals surface area contributed by atoms with Gasteiger partial charge in [0.15, 0.2) is 5.82 Å². The topological polar surface area (TPSA) is 46.8 Å².